The maximum absolute atomic E-state index is 11.6. The Labute approximate surface area is 126 Å². The Balaban J connectivity index is 2.22. The van der Waals surface area contributed by atoms with Crippen LogP contribution in [0, 0.1) is 0 Å². The van der Waals surface area contributed by atoms with Gasteiger partial charge in [0.05, 0.1) is 17.2 Å². The molecule has 7 heteroatoms. The van der Waals surface area contributed by atoms with Crippen molar-refractivity contribution in [3.63, 3.8) is 0 Å². The fraction of sp³-hybridized carbons (Fsp3) is 0.643. The lowest BCUT2D eigenvalue weighted by molar-refractivity contribution is 0.125. The molecule has 0 amide bonds. The molecule has 0 aliphatic carbocycles. The van der Waals surface area contributed by atoms with E-state index in [0.717, 1.165) is 0 Å². The third-order valence-corrected chi connectivity index (χ3v) is 5.15. The topological polar surface area (TPSA) is 85.5 Å². The molecule has 1 atom stereocenters. The van der Waals surface area contributed by atoms with Gasteiger partial charge in [-0.15, -0.1) is 0 Å². The summed E-state index contributed by atoms with van der Waals surface area (Å²) in [4.78, 5) is 6.32. The molecule has 1 aliphatic rings. The van der Waals surface area contributed by atoms with E-state index in [1.807, 2.05) is 32.7 Å². The maximum Gasteiger partial charge on any atom is 0.239 e. The predicted molar refractivity (Wildman–Crippen MR) is 84.5 cm³/mol. The van der Waals surface area contributed by atoms with Gasteiger partial charge in [-0.25, -0.2) is 8.42 Å². The molecule has 21 heavy (non-hydrogen) atoms. The number of nitrogens with zero attached hydrogens (tertiary/aromatic N) is 2. The van der Waals surface area contributed by atoms with E-state index < -0.39 is 15.4 Å². The summed E-state index contributed by atoms with van der Waals surface area (Å²) in [5.41, 5.74) is 5.97. The normalized spacial score (nSPS) is 21.2. The van der Waals surface area contributed by atoms with Crippen molar-refractivity contribution < 1.29 is 13.2 Å². The quantitative estimate of drug-likeness (QED) is 0.909. The first-order chi connectivity index (χ1) is 9.57. The zero-order valence-corrected chi connectivity index (χ0v) is 13.8. The van der Waals surface area contributed by atoms with Gasteiger partial charge >= 0.3 is 0 Å². The van der Waals surface area contributed by atoms with Gasteiger partial charge < -0.3 is 15.4 Å². The van der Waals surface area contributed by atoms with Gasteiger partial charge in [-0.1, -0.05) is 0 Å². The molecular weight excluding hydrogens is 290 g/mol. The number of hydrogen-bond donors (Lipinski definition) is 1. The highest BCUT2D eigenvalue weighted by atomic mass is 32.2. The molecule has 1 unspecified atom stereocenters. The summed E-state index contributed by atoms with van der Waals surface area (Å²) in [6, 6.07) is 3.48. The molecule has 2 N–H and O–H groups in total. The van der Waals surface area contributed by atoms with E-state index in [-0.39, 0.29) is 17.5 Å². The lowest BCUT2D eigenvalue weighted by Gasteiger charge is -2.26. The monoisotopic (exact) mass is 313 g/mol. The molecule has 0 bridgehead atoms. The first-order valence-corrected chi connectivity index (χ1v) is 8.78. The Bertz CT molecular complexity index is 623. The molecule has 118 valence electrons. The molecule has 2 heterocycles. The average Bonchev–Trinajstić information content (AvgIpc) is 2.70. The van der Waals surface area contributed by atoms with Crippen LogP contribution in [0.25, 0.3) is 0 Å². The van der Waals surface area contributed by atoms with Crippen LogP contribution < -0.4 is 15.4 Å². The van der Waals surface area contributed by atoms with Crippen molar-refractivity contribution in [3.05, 3.63) is 12.1 Å². The maximum atomic E-state index is 11.6. The van der Waals surface area contributed by atoms with Crippen LogP contribution in [0.3, 0.4) is 0 Å². The van der Waals surface area contributed by atoms with Gasteiger partial charge in [0.25, 0.3) is 0 Å². The minimum atomic E-state index is -2.92. The van der Waals surface area contributed by atoms with Crippen molar-refractivity contribution in [2.45, 2.75) is 38.8 Å². The lowest BCUT2D eigenvalue weighted by Crippen LogP contribution is -2.33. The number of pyridine rings is 1. The van der Waals surface area contributed by atoms with Crippen LogP contribution in [0.4, 0.5) is 11.5 Å². The molecule has 1 aromatic heterocycles. The number of ether oxygens (including phenoxy) is 1. The molecular formula is C14H23N3O3S. The first kappa shape index (κ1) is 15.9. The van der Waals surface area contributed by atoms with Crippen molar-refractivity contribution >= 4 is 21.3 Å². The van der Waals surface area contributed by atoms with Gasteiger partial charge in [-0.2, -0.15) is 4.98 Å². The van der Waals surface area contributed by atoms with Gasteiger partial charge in [0.2, 0.25) is 5.88 Å². The molecule has 1 fully saturated rings. The minimum Gasteiger partial charge on any atom is -0.470 e. The van der Waals surface area contributed by atoms with Crippen molar-refractivity contribution in [2.75, 3.05) is 29.2 Å². The molecule has 1 aromatic rings. The largest absolute Gasteiger partial charge is 0.470 e. The summed E-state index contributed by atoms with van der Waals surface area (Å²) in [6.07, 6.45) is 0.625. The summed E-state index contributed by atoms with van der Waals surface area (Å²) in [5.74, 6) is 1.46. The summed E-state index contributed by atoms with van der Waals surface area (Å²) in [6.45, 7) is 5.77. The fourth-order valence-electron chi connectivity index (χ4n) is 2.28. The number of nitrogens with two attached hydrogens (primary N) is 1. The number of aromatic nitrogens is 1. The number of rotatable bonds is 3. The van der Waals surface area contributed by atoms with Crippen LogP contribution in [0.2, 0.25) is 0 Å². The van der Waals surface area contributed by atoms with Crippen LogP contribution in [0.15, 0.2) is 12.1 Å². The van der Waals surface area contributed by atoms with Crippen molar-refractivity contribution in [3.8, 4) is 5.88 Å². The van der Waals surface area contributed by atoms with E-state index in [4.69, 9.17) is 10.5 Å². The Morgan fingerprint density at radius 2 is 2.05 bits per heavy atom. The Morgan fingerprint density at radius 1 is 1.38 bits per heavy atom. The van der Waals surface area contributed by atoms with Crippen molar-refractivity contribution in [2.24, 2.45) is 0 Å². The number of anilines is 2. The SMILES string of the molecule is CN(c1ccc(N)c(OC(C)(C)C)n1)C1CCS(=O)(=O)C1. The molecule has 0 saturated carbocycles. The van der Waals surface area contributed by atoms with Gasteiger partial charge in [-0.05, 0) is 39.3 Å². The summed E-state index contributed by atoms with van der Waals surface area (Å²) in [5, 5.41) is 0. The molecule has 0 spiro atoms. The van der Waals surface area contributed by atoms with Gasteiger partial charge in [0.1, 0.15) is 11.4 Å². The van der Waals surface area contributed by atoms with Crippen molar-refractivity contribution in [1.29, 1.82) is 0 Å². The van der Waals surface area contributed by atoms with Gasteiger partial charge in [-0.3, -0.25) is 0 Å². The second kappa shape index (κ2) is 5.36. The van der Waals surface area contributed by atoms with E-state index >= 15 is 0 Å². The molecule has 1 aliphatic heterocycles. The zero-order chi connectivity index (χ0) is 15.8. The Kier molecular flexibility index (Phi) is 4.06. The van der Waals surface area contributed by atoms with Crippen molar-refractivity contribution in [1.82, 2.24) is 4.98 Å². The summed E-state index contributed by atoms with van der Waals surface area (Å²) in [7, 11) is -1.07. The van der Waals surface area contributed by atoms with E-state index in [9.17, 15) is 8.42 Å². The van der Waals surface area contributed by atoms with Crippen LogP contribution in [-0.2, 0) is 9.84 Å². The number of nitrogen functional groups attached to an aromatic ring is 1. The Hall–Kier alpha value is -1.50. The third-order valence-electron chi connectivity index (χ3n) is 3.40. The highest BCUT2D eigenvalue weighted by Crippen LogP contribution is 2.28. The molecule has 6 nitrogen and oxygen atoms in total. The molecule has 0 radical (unpaired) electrons. The van der Waals surface area contributed by atoms with Crippen LogP contribution in [0.5, 0.6) is 5.88 Å². The predicted octanol–water partition coefficient (Wildman–Crippen LogP) is 1.46. The fourth-order valence-corrected chi connectivity index (χ4v) is 4.05. The van der Waals surface area contributed by atoms with Gasteiger partial charge in [0.15, 0.2) is 9.84 Å². The Morgan fingerprint density at radius 3 is 2.57 bits per heavy atom. The first-order valence-electron chi connectivity index (χ1n) is 6.96. The second-order valence-electron chi connectivity index (χ2n) is 6.45. The van der Waals surface area contributed by atoms with E-state index in [0.29, 0.717) is 23.8 Å². The molecule has 2 rings (SSSR count). The average molecular weight is 313 g/mol. The van der Waals surface area contributed by atoms with E-state index in [1.54, 1.807) is 12.1 Å². The zero-order valence-electron chi connectivity index (χ0n) is 13.0. The molecule has 1 saturated heterocycles. The number of sulfone groups is 1. The minimum absolute atomic E-state index is 0.0476. The highest BCUT2D eigenvalue weighted by Gasteiger charge is 2.31. The lowest BCUT2D eigenvalue weighted by atomic mass is 10.2. The third kappa shape index (κ3) is 4.00. The van der Waals surface area contributed by atoms with Crippen LogP contribution in [-0.4, -0.2) is 43.6 Å². The standard InChI is InChI=1S/C14H23N3O3S/c1-14(2,3)20-13-11(15)5-6-12(16-13)17(4)10-7-8-21(18,19)9-10/h5-6,10H,7-9,15H2,1-4H3. The molecule has 0 aromatic carbocycles. The highest BCUT2D eigenvalue weighted by molar-refractivity contribution is 7.91. The summed E-state index contributed by atoms with van der Waals surface area (Å²) >= 11 is 0. The van der Waals surface area contributed by atoms with E-state index in [1.165, 1.54) is 0 Å². The van der Waals surface area contributed by atoms with Crippen LogP contribution >= 0.6 is 0 Å². The van der Waals surface area contributed by atoms with Gasteiger partial charge in [0, 0.05) is 13.1 Å². The second-order valence-corrected chi connectivity index (χ2v) is 8.67. The smallest absolute Gasteiger partial charge is 0.239 e. The van der Waals surface area contributed by atoms with Crippen LogP contribution in [0.1, 0.15) is 27.2 Å². The summed E-state index contributed by atoms with van der Waals surface area (Å²) < 4.78 is 28.9. The number of hydrogen-bond acceptors (Lipinski definition) is 6. The van der Waals surface area contributed by atoms with E-state index in [2.05, 4.69) is 4.98 Å².